The highest BCUT2D eigenvalue weighted by Crippen LogP contribution is 2.37. The Morgan fingerprint density at radius 1 is 1.25 bits per heavy atom. The summed E-state index contributed by atoms with van der Waals surface area (Å²) in [6.45, 7) is 13.5. The molecule has 0 unspecified atom stereocenters. The van der Waals surface area contributed by atoms with Crippen LogP contribution < -0.4 is 9.64 Å². The predicted octanol–water partition coefficient (Wildman–Crippen LogP) is 3.61. The summed E-state index contributed by atoms with van der Waals surface area (Å²) in [4.78, 5) is 2.39. The van der Waals surface area contributed by atoms with E-state index in [9.17, 15) is 0 Å². The normalized spacial score (nSPS) is 19.0. The van der Waals surface area contributed by atoms with Gasteiger partial charge >= 0.3 is 0 Å². The maximum Gasteiger partial charge on any atom is 0.142 e. The number of nitrogens with zero attached hydrogens (tertiary/aromatic N) is 1. The summed E-state index contributed by atoms with van der Waals surface area (Å²) >= 11 is 0. The van der Waals surface area contributed by atoms with Gasteiger partial charge in [-0.05, 0) is 37.0 Å². The van der Waals surface area contributed by atoms with E-state index in [2.05, 4.69) is 57.7 Å². The van der Waals surface area contributed by atoms with Gasteiger partial charge < -0.3 is 14.4 Å². The minimum atomic E-state index is -0.00518. The van der Waals surface area contributed by atoms with E-state index in [1.165, 1.54) is 5.56 Å². The molecule has 1 aromatic rings. The Morgan fingerprint density at radius 3 is 2.50 bits per heavy atom. The number of rotatable bonds is 2. The van der Waals surface area contributed by atoms with Crippen LogP contribution >= 0.6 is 0 Å². The first-order chi connectivity index (χ1) is 9.25. The second-order valence-corrected chi connectivity index (χ2v) is 7.15. The van der Waals surface area contributed by atoms with Crippen molar-refractivity contribution < 1.29 is 9.47 Å². The minimum Gasteiger partial charge on any atom is -0.495 e. The van der Waals surface area contributed by atoms with Gasteiger partial charge in [0, 0.05) is 6.54 Å². The Balaban J connectivity index is 2.41. The third kappa shape index (κ3) is 2.93. The van der Waals surface area contributed by atoms with Crippen molar-refractivity contribution in [3.8, 4) is 5.75 Å². The molecule has 1 aliphatic heterocycles. The molecule has 0 N–H and O–H groups in total. The predicted molar refractivity (Wildman–Crippen MR) is 83.9 cm³/mol. The second kappa shape index (κ2) is 5.28. The maximum absolute atomic E-state index is 5.65. The molecule has 0 aromatic heterocycles. The lowest BCUT2D eigenvalue weighted by Gasteiger charge is -2.44. The van der Waals surface area contributed by atoms with Gasteiger partial charge in [0.15, 0.2) is 0 Å². The van der Waals surface area contributed by atoms with Crippen LogP contribution in [-0.4, -0.2) is 32.4 Å². The molecule has 1 heterocycles. The molecule has 1 fully saturated rings. The first kappa shape index (κ1) is 15.2. The highest BCUT2D eigenvalue weighted by molar-refractivity contribution is 5.62. The van der Waals surface area contributed by atoms with Gasteiger partial charge in [0.05, 0.1) is 31.5 Å². The molecule has 20 heavy (non-hydrogen) atoms. The molecule has 112 valence electrons. The maximum atomic E-state index is 5.65. The zero-order chi connectivity index (χ0) is 15.0. The topological polar surface area (TPSA) is 21.7 Å². The van der Waals surface area contributed by atoms with Crippen molar-refractivity contribution >= 4 is 5.69 Å². The largest absolute Gasteiger partial charge is 0.495 e. The molecule has 2 rings (SSSR count). The first-order valence-corrected chi connectivity index (χ1v) is 7.29. The average Bonchev–Trinajstić information content (AvgIpc) is 2.36. The summed E-state index contributed by atoms with van der Waals surface area (Å²) in [7, 11) is 1.75. The van der Waals surface area contributed by atoms with Crippen molar-refractivity contribution in [2.24, 2.45) is 0 Å². The molecule has 0 radical (unpaired) electrons. The summed E-state index contributed by atoms with van der Waals surface area (Å²) < 4.78 is 11.3. The van der Waals surface area contributed by atoms with Crippen LogP contribution in [0.15, 0.2) is 18.2 Å². The van der Waals surface area contributed by atoms with Crippen LogP contribution in [0.4, 0.5) is 5.69 Å². The summed E-state index contributed by atoms with van der Waals surface area (Å²) in [5.41, 5.74) is 2.58. The molecule has 0 atom stereocenters. The van der Waals surface area contributed by atoms with Crippen LogP contribution in [-0.2, 0) is 10.2 Å². The Hall–Kier alpha value is -1.22. The highest BCUT2D eigenvalue weighted by Gasteiger charge is 2.32. The molecule has 3 heteroatoms. The lowest BCUT2D eigenvalue weighted by atomic mass is 9.86. The second-order valence-electron chi connectivity index (χ2n) is 7.15. The Kier molecular flexibility index (Phi) is 4.01. The number of hydrogen-bond donors (Lipinski definition) is 0. The fourth-order valence-electron chi connectivity index (χ4n) is 2.67. The number of methoxy groups -OCH3 is 1. The monoisotopic (exact) mass is 277 g/mol. The van der Waals surface area contributed by atoms with Gasteiger partial charge in [-0.2, -0.15) is 0 Å². The van der Waals surface area contributed by atoms with E-state index in [1.807, 2.05) is 0 Å². The van der Waals surface area contributed by atoms with Crippen molar-refractivity contribution in [3.63, 3.8) is 0 Å². The van der Waals surface area contributed by atoms with Gasteiger partial charge in [0.1, 0.15) is 5.75 Å². The Morgan fingerprint density at radius 2 is 1.95 bits per heavy atom. The molecule has 1 saturated heterocycles. The number of anilines is 1. The number of morpholine rings is 1. The molecule has 0 aliphatic carbocycles. The molecule has 0 spiro atoms. The van der Waals surface area contributed by atoms with E-state index in [4.69, 9.17) is 9.47 Å². The molecule has 0 bridgehead atoms. The molecular weight excluding hydrogens is 250 g/mol. The highest BCUT2D eigenvalue weighted by atomic mass is 16.5. The van der Waals surface area contributed by atoms with E-state index >= 15 is 0 Å². The fraction of sp³-hybridized carbons (Fsp3) is 0.647. The molecule has 0 saturated carbocycles. The average molecular weight is 277 g/mol. The van der Waals surface area contributed by atoms with Crippen molar-refractivity contribution in [3.05, 3.63) is 23.8 Å². The lowest BCUT2D eigenvalue weighted by Crippen LogP contribution is -2.53. The summed E-state index contributed by atoms with van der Waals surface area (Å²) in [6, 6.07) is 6.57. The molecule has 0 amide bonds. The number of ether oxygens (including phenoxy) is 2. The molecule has 3 nitrogen and oxygen atoms in total. The minimum absolute atomic E-state index is 0.00518. The number of hydrogen-bond acceptors (Lipinski definition) is 3. The van der Waals surface area contributed by atoms with Crippen LogP contribution in [0.1, 0.15) is 40.2 Å². The smallest absolute Gasteiger partial charge is 0.142 e. The van der Waals surface area contributed by atoms with Crippen LogP contribution in [0.25, 0.3) is 0 Å². The van der Waals surface area contributed by atoms with E-state index in [0.29, 0.717) is 0 Å². The van der Waals surface area contributed by atoms with Crippen LogP contribution in [0.5, 0.6) is 5.75 Å². The number of benzene rings is 1. The summed E-state index contributed by atoms with van der Waals surface area (Å²) in [6.07, 6.45) is 0. The van der Waals surface area contributed by atoms with Crippen molar-refractivity contribution in [1.82, 2.24) is 0 Å². The zero-order valence-corrected chi connectivity index (χ0v) is 13.6. The van der Waals surface area contributed by atoms with Crippen molar-refractivity contribution in [2.75, 3.05) is 31.8 Å². The third-order valence-electron chi connectivity index (χ3n) is 3.98. The van der Waals surface area contributed by atoms with E-state index in [0.717, 1.165) is 31.2 Å². The zero-order valence-electron chi connectivity index (χ0n) is 13.6. The van der Waals surface area contributed by atoms with Crippen molar-refractivity contribution in [1.29, 1.82) is 0 Å². The third-order valence-corrected chi connectivity index (χ3v) is 3.98. The van der Waals surface area contributed by atoms with Gasteiger partial charge in [-0.3, -0.25) is 0 Å². The molecule has 1 aliphatic rings. The molecular formula is C17H27NO2. The molecule has 1 aromatic carbocycles. The summed E-state index contributed by atoms with van der Waals surface area (Å²) in [5.74, 6) is 0.951. The van der Waals surface area contributed by atoms with Crippen LogP contribution in [0.2, 0.25) is 0 Å². The van der Waals surface area contributed by atoms with Gasteiger partial charge in [-0.25, -0.2) is 0 Å². The van der Waals surface area contributed by atoms with Crippen LogP contribution in [0.3, 0.4) is 0 Å². The Bertz CT molecular complexity index is 474. The quantitative estimate of drug-likeness (QED) is 0.824. The van der Waals surface area contributed by atoms with Gasteiger partial charge in [-0.15, -0.1) is 0 Å². The SMILES string of the molecule is COc1cc(C(C)(C)C)ccc1N1CCOCC1(C)C. The standard InChI is InChI=1S/C17H27NO2/c1-16(2,3)13-7-8-14(15(11-13)19-6)18-9-10-20-12-17(18,4)5/h7-8,11H,9-10,12H2,1-6H3. The first-order valence-electron chi connectivity index (χ1n) is 7.29. The van der Waals surface area contributed by atoms with E-state index in [1.54, 1.807) is 7.11 Å². The van der Waals surface area contributed by atoms with Crippen LogP contribution in [0, 0.1) is 0 Å². The van der Waals surface area contributed by atoms with Gasteiger partial charge in [0.2, 0.25) is 0 Å². The lowest BCUT2D eigenvalue weighted by molar-refractivity contribution is 0.0641. The Labute approximate surface area is 122 Å². The fourth-order valence-corrected chi connectivity index (χ4v) is 2.67. The van der Waals surface area contributed by atoms with E-state index in [-0.39, 0.29) is 11.0 Å². The summed E-state index contributed by atoms with van der Waals surface area (Å²) in [5, 5.41) is 0. The van der Waals surface area contributed by atoms with Crippen molar-refractivity contribution in [2.45, 2.75) is 45.6 Å². The van der Waals surface area contributed by atoms with E-state index < -0.39 is 0 Å². The van der Waals surface area contributed by atoms with Gasteiger partial charge in [-0.1, -0.05) is 26.8 Å². The van der Waals surface area contributed by atoms with Gasteiger partial charge in [0.25, 0.3) is 0 Å².